The fraction of sp³-hybridized carbons (Fsp3) is 0.231. The van der Waals surface area contributed by atoms with E-state index in [-0.39, 0.29) is 33.5 Å². The third-order valence-electron chi connectivity index (χ3n) is 5.70. The summed E-state index contributed by atoms with van der Waals surface area (Å²) in [5, 5.41) is 8.31. The normalized spacial score (nSPS) is 12.7. The first-order valence-electron chi connectivity index (χ1n) is 10.9. The minimum Gasteiger partial charge on any atom is -0.537 e. The summed E-state index contributed by atoms with van der Waals surface area (Å²) >= 11 is 0. The zero-order valence-corrected chi connectivity index (χ0v) is 22.0. The number of rotatable bonds is 4. The Hall–Kier alpha value is -3.05. The Labute approximate surface area is 215 Å². The van der Waals surface area contributed by atoms with Crippen molar-refractivity contribution >= 4 is 18.2 Å². The van der Waals surface area contributed by atoms with Gasteiger partial charge in [-0.2, -0.15) is 17.2 Å². The molecule has 174 valence electrons. The van der Waals surface area contributed by atoms with Crippen LogP contribution < -0.4 is 19.7 Å². The van der Waals surface area contributed by atoms with Gasteiger partial charge >= 0.3 is 28.1 Å². The molecule has 0 atom stereocenters. The van der Waals surface area contributed by atoms with Crippen molar-refractivity contribution in [2.24, 2.45) is 7.05 Å². The van der Waals surface area contributed by atoms with Crippen LogP contribution in [0.2, 0.25) is 0 Å². The van der Waals surface area contributed by atoms with Gasteiger partial charge in [-0.15, -0.1) is 34.8 Å². The summed E-state index contributed by atoms with van der Waals surface area (Å²) in [5.41, 5.74) is 4.61. The van der Waals surface area contributed by atoms with Crippen LogP contribution in [0.1, 0.15) is 26.3 Å². The van der Waals surface area contributed by atoms with Crippen molar-refractivity contribution in [3.63, 3.8) is 0 Å². The zero-order valence-electron chi connectivity index (χ0n) is 19.8. The van der Waals surface area contributed by atoms with Crippen LogP contribution in [0.5, 0.6) is 17.2 Å². The number of aryl methyl sites for hydroxylation is 1. The molecule has 0 fully saturated rings. The van der Waals surface area contributed by atoms with Crippen LogP contribution in [0.15, 0.2) is 60.8 Å². The first-order valence-corrected chi connectivity index (χ1v) is 10.9. The number of para-hydroxylation sites is 2. The standard InChI is InChI=1S/C26H25BN4O2.Pt/c1-26(2,3)19-13-18(23-17-30(4)29-28-23)14-22(15-19)32-21-10-8-9-20(16-21)27-31(5)24-11-6-7-12-25(24)33-27;/h6-13,15,17H,1-5H3;/q-2;+2. The Morgan fingerprint density at radius 1 is 0.971 bits per heavy atom. The summed E-state index contributed by atoms with van der Waals surface area (Å²) in [6.07, 6.45) is 1.87. The van der Waals surface area contributed by atoms with Gasteiger partial charge in [-0.1, -0.05) is 50.3 Å². The second-order valence-corrected chi connectivity index (χ2v) is 9.30. The zero-order chi connectivity index (χ0) is 23.2. The molecule has 8 heteroatoms. The molecule has 1 aliphatic heterocycles. The van der Waals surface area contributed by atoms with Crippen LogP contribution >= 0.6 is 0 Å². The SMILES string of the molecule is CN1B(c2[c-]c(Oc3[c-]c(-c4cn(C)nn4)cc(C(C)(C)C)c3)ccc2)Oc2ccccc21.[Pt+2]. The smallest absolute Gasteiger partial charge is 0.537 e. The number of nitrogens with zero attached hydrogens (tertiary/aromatic N) is 4. The maximum atomic E-state index is 6.26. The predicted octanol–water partition coefficient (Wildman–Crippen LogP) is 4.39. The van der Waals surface area contributed by atoms with E-state index in [0.29, 0.717) is 11.5 Å². The van der Waals surface area contributed by atoms with Crippen molar-refractivity contribution in [3.8, 4) is 28.5 Å². The van der Waals surface area contributed by atoms with E-state index in [1.165, 1.54) is 0 Å². The molecule has 4 aromatic rings. The molecule has 0 saturated carbocycles. The molecule has 6 nitrogen and oxygen atoms in total. The number of hydrogen-bond acceptors (Lipinski definition) is 5. The van der Waals surface area contributed by atoms with E-state index < -0.39 is 0 Å². The molecule has 1 aliphatic rings. The second kappa shape index (κ2) is 9.30. The van der Waals surface area contributed by atoms with Gasteiger partial charge in [-0.3, -0.25) is 4.68 Å². The van der Waals surface area contributed by atoms with Crippen LogP contribution in [0.3, 0.4) is 0 Å². The molecule has 1 aromatic heterocycles. The summed E-state index contributed by atoms with van der Waals surface area (Å²) in [7, 11) is 3.61. The number of aromatic nitrogens is 3. The van der Waals surface area contributed by atoms with Crippen LogP contribution in [-0.4, -0.2) is 29.1 Å². The van der Waals surface area contributed by atoms with Gasteiger partial charge in [0.25, 0.3) is 0 Å². The molecule has 0 radical (unpaired) electrons. The van der Waals surface area contributed by atoms with Gasteiger partial charge in [0, 0.05) is 30.4 Å². The molecule has 0 N–H and O–H groups in total. The molecular formula is C26H25BN4O2Pt. The van der Waals surface area contributed by atoms with E-state index in [0.717, 1.165) is 33.7 Å². The van der Waals surface area contributed by atoms with E-state index in [4.69, 9.17) is 9.39 Å². The molecule has 0 aliphatic carbocycles. The molecule has 0 amide bonds. The summed E-state index contributed by atoms with van der Waals surface area (Å²) in [4.78, 5) is 2.10. The summed E-state index contributed by atoms with van der Waals surface area (Å²) < 4.78 is 14.1. The number of anilines is 1. The summed E-state index contributed by atoms with van der Waals surface area (Å²) in [6.45, 7) is 6.51. The summed E-state index contributed by atoms with van der Waals surface area (Å²) in [6, 6.07) is 24.7. The molecule has 0 unspecified atom stereocenters. The first kappa shape index (κ1) is 24.1. The van der Waals surface area contributed by atoms with Gasteiger partial charge in [-0.25, -0.2) is 0 Å². The molecular weight excluding hydrogens is 606 g/mol. The van der Waals surface area contributed by atoms with Crippen molar-refractivity contribution in [1.29, 1.82) is 0 Å². The minimum absolute atomic E-state index is 0. The van der Waals surface area contributed by atoms with Gasteiger partial charge < -0.3 is 14.2 Å². The van der Waals surface area contributed by atoms with Gasteiger partial charge in [-0.05, 0) is 24.6 Å². The first-order chi connectivity index (χ1) is 15.8. The number of ether oxygens (including phenoxy) is 1. The minimum atomic E-state index is -0.258. The number of hydrogen-bond donors (Lipinski definition) is 0. The molecule has 0 saturated heterocycles. The Bertz CT molecular complexity index is 1320. The Balaban J connectivity index is 0.00000274. The third-order valence-corrected chi connectivity index (χ3v) is 5.70. The van der Waals surface area contributed by atoms with E-state index in [9.17, 15) is 0 Å². The van der Waals surface area contributed by atoms with Crippen molar-refractivity contribution in [2.75, 3.05) is 11.9 Å². The molecule has 0 spiro atoms. The fourth-order valence-corrected chi connectivity index (χ4v) is 3.87. The third kappa shape index (κ3) is 4.76. The van der Waals surface area contributed by atoms with Crippen molar-refractivity contribution in [1.82, 2.24) is 15.0 Å². The van der Waals surface area contributed by atoms with Crippen LogP contribution in [0.4, 0.5) is 5.69 Å². The van der Waals surface area contributed by atoms with Gasteiger partial charge in [0.05, 0.1) is 5.69 Å². The molecule has 0 bridgehead atoms. The molecule has 34 heavy (non-hydrogen) atoms. The number of fused-ring (bicyclic) bond motifs is 1. The molecule has 5 rings (SSSR count). The van der Waals surface area contributed by atoms with E-state index in [1.54, 1.807) is 4.68 Å². The molecule has 3 aromatic carbocycles. The Kier molecular flexibility index (Phi) is 6.59. The van der Waals surface area contributed by atoms with Gasteiger partial charge in [0.1, 0.15) is 5.75 Å². The Morgan fingerprint density at radius 2 is 1.76 bits per heavy atom. The largest absolute Gasteiger partial charge is 2.00 e. The average Bonchev–Trinajstić information content (AvgIpc) is 3.37. The van der Waals surface area contributed by atoms with Gasteiger partial charge in [0.2, 0.25) is 0 Å². The quantitative estimate of drug-likeness (QED) is 0.247. The van der Waals surface area contributed by atoms with Crippen molar-refractivity contribution in [2.45, 2.75) is 26.2 Å². The Morgan fingerprint density at radius 3 is 2.47 bits per heavy atom. The maximum absolute atomic E-state index is 6.26. The van der Waals surface area contributed by atoms with Gasteiger partial charge in [0.15, 0.2) is 0 Å². The molecule has 2 heterocycles. The van der Waals surface area contributed by atoms with E-state index >= 15 is 0 Å². The average molecular weight is 631 g/mol. The van der Waals surface area contributed by atoms with Crippen LogP contribution in [-0.2, 0) is 33.5 Å². The fourth-order valence-electron chi connectivity index (χ4n) is 3.87. The van der Waals surface area contributed by atoms with Crippen LogP contribution in [0, 0.1) is 12.1 Å². The van der Waals surface area contributed by atoms with Crippen molar-refractivity contribution in [3.05, 3.63) is 78.5 Å². The predicted molar refractivity (Wildman–Crippen MR) is 130 cm³/mol. The monoisotopic (exact) mass is 631 g/mol. The topological polar surface area (TPSA) is 52.4 Å². The van der Waals surface area contributed by atoms with E-state index in [1.807, 2.05) is 62.8 Å². The van der Waals surface area contributed by atoms with Crippen molar-refractivity contribution < 1.29 is 30.5 Å². The van der Waals surface area contributed by atoms with Crippen LogP contribution in [0.25, 0.3) is 11.3 Å². The van der Waals surface area contributed by atoms with E-state index in [2.05, 4.69) is 60.2 Å². The maximum Gasteiger partial charge on any atom is 2.00 e. The second-order valence-electron chi connectivity index (χ2n) is 9.30. The number of benzene rings is 3. The summed E-state index contributed by atoms with van der Waals surface area (Å²) in [5.74, 6) is 2.08.